The fraction of sp³-hybridized carbons (Fsp3) is 0.250. The van der Waals surface area contributed by atoms with Gasteiger partial charge in [0.25, 0.3) is 0 Å². The van der Waals surface area contributed by atoms with Gasteiger partial charge in [-0.15, -0.1) is 0 Å². The minimum absolute atomic E-state index is 0.240. The van der Waals surface area contributed by atoms with Crippen LogP contribution in [-0.4, -0.2) is 0 Å². The van der Waals surface area contributed by atoms with Crippen molar-refractivity contribution in [2.75, 3.05) is 11.5 Å². The van der Waals surface area contributed by atoms with Crippen molar-refractivity contribution >= 4 is 11.4 Å². The molecule has 0 spiro atoms. The van der Waals surface area contributed by atoms with Crippen molar-refractivity contribution in [1.82, 2.24) is 0 Å². The number of nitrogen functional groups attached to an aromatic ring is 2. The highest BCUT2D eigenvalue weighted by molar-refractivity contribution is 5.62. The fourth-order valence-corrected chi connectivity index (χ4v) is 3.81. The van der Waals surface area contributed by atoms with Gasteiger partial charge in [0.15, 0.2) is 0 Å². The Morgan fingerprint density at radius 2 is 0.963 bits per heavy atom. The Morgan fingerprint density at radius 1 is 0.630 bits per heavy atom. The Hall–Kier alpha value is -2.81. The maximum Gasteiger partial charge on any atom is 0.123 e. The molecular formula is C24H27FN2. The lowest BCUT2D eigenvalue weighted by Crippen LogP contribution is -2.26. The van der Waals surface area contributed by atoms with Crippen LogP contribution < -0.4 is 11.5 Å². The number of nitrogens with two attached hydrogens (primary N) is 2. The molecule has 2 nitrogen and oxygen atoms in total. The lowest BCUT2D eigenvalue weighted by atomic mass is 9.69. The Balaban J connectivity index is 2.35. The Labute approximate surface area is 161 Å². The van der Waals surface area contributed by atoms with E-state index in [4.69, 9.17) is 11.5 Å². The van der Waals surface area contributed by atoms with Crippen molar-refractivity contribution in [3.8, 4) is 0 Å². The lowest BCUT2D eigenvalue weighted by Gasteiger charge is -2.33. The topological polar surface area (TPSA) is 52.0 Å². The summed E-state index contributed by atoms with van der Waals surface area (Å²) in [5, 5.41) is 0. The minimum atomic E-state index is -0.458. The molecule has 0 atom stereocenters. The molecule has 0 aliphatic heterocycles. The predicted molar refractivity (Wildman–Crippen MR) is 113 cm³/mol. The van der Waals surface area contributed by atoms with E-state index in [2.05, 4.69) is 31.2 Å². The largest absolute Gasteiger partial charge is 0.398 e. The summed E-state index contributed by atoms with van der Waals surface area (Å²) in [7, 11) is 0. The summed E-state index contributed by atoms with van der Waals surface area (Å²) in [4.78, 5) is 0. The summed E-state index contributed by atoms with van der Waals surface area (Å²) >= 11 is 0. The summed E-state index contributed by atoms with van der Waals surface area (Å²) in [5.41, 5.74) is 21.0. The number of anilines is 2. The van der Waals surface area contributed by atoms with Crippen LogP contribution in [0.3, 0.4) is 0 Å². The average Bonchev–Trinajstić information content (AvgIpc) is 2.63. The minimum Gasteiger partial charge on any atom is -0.398 e. The molecule has 0 amide bonds. The number of halogens is 1. The van der Waals surface area contributed by atoms with E-state index in [0.29, 0.717) is 0 Å². The zero-order valence-electron chi connectivity index (χ0n) is 16.7. The van der Waals surface area contributed by atoms with Crippen molar-refractivity contribution < 1.29 is 4.39 Å². The third-order valence-electron chi connectivity index (χ3n) is 5.76. The van der Waals surface area contributed by atoms with Crippen molar-refractivity contribution in [2.24, 2.45) is 0 Å². The van der Waals surface area contributed by atoms with Gasteiger partial charge in [-0.2, -0.15) is 0 Å². The maximum absolute atomic E-state index is 13.6. The third kappa shape index (κ3) is 3.18. The molecule has 3 aromatic rings. The molecule has 140 valence electrons. The van der Waals surface area contributed by atoms with Gasteiger partial charge in [0.1, 0.15) is 5.82 Å². The molecule has 0 saturated carbocycles. The van der Waals surface area contributed by atoms with Gasteiger partial charge in [-0.05, 0) is 85.7 Å². The van der Waals surface area contributed by atoms with E-state index in [-0.39, 0.29) is 5.82 Å². The van der Waals surface area contributed by atoms with E-state index < -0.39 is 5.41 Å². The van der Waals surface area contributed by atoms with E-state index in [1.807, 2.05) is 39.8 Å². The zero-order valence-corrected chi connectivity index (χ0v) is 16.7. The Bertz CT molecular complexity index is 900. The fourth-order valence-electron chi connectivity index (χ4n) is 3.81. The Morgan fingerprint density at radius 3 is 1.30 bits per heavy atom. The molecule has 27 heavy (non-hydrogen) atoms. The second-order valence-electron chi connectivity index (χ2n) is 7.68. The standard InChI is InChI=1S/C24H27FN2/c1-14-10-19(11-15(2)22(14)26)24(5,18-6-8-21(25)9-7-18)20-12-16(3)23(27)17(4)13-20/h6-13H,26-27H2,1-5H3. The molecule has 0 fully saturated rings. The normalized spacial score (nSPS) is 11.6. The van der Waals surface area contributed by atoms with Gasteiger partial charge < -0.3 is 11.5 Å². The highest BCUT2D eigenvalue weighted by Gasteiger charge is 2.32. The molecule has 3 heteroatoms. The molecule has 4 N–H and O–H groups in total. The SMILES string of the molecule is Cc1cc(C(C)(c2ccc(F)cc2)c2cc(C)c(N)c(C)c2)cc(C)c1N. The van der Waals surface area contributed by atoms with Crippen LogP contribution in [0.5, 0.6) is 0 Å². The maximum atomic E-state index is 13.6. The number of benzene rings is 3. The molecule has 0 bridgehead atoms. The van der Waals surface area contributed by atoms with Crippen LogP contribution in [0.25, 0.3) is 0 Å². The number of aryl methyl sites for hydroxylation is 4. The lowest BCUT2D eigenvalue weighted by molar-refractivity contribution is 0.622. The second kappa shape index (κ2) is 6.73. The first kappa shape index (κ1) is 19.0. The number of hydrogen-bond acceptors (Lipinski definition) is 2. The average molecular weight is 362 g/mol. The highest BCUT2D eigenvalue weighted by Crippen LogP contribution is 2.42. The first-order valence-corrected chi connectivity index (χ1v) is 9.15. The summed E-state index contributed by atoms with van der Waals surface area (Å²) in [6.07, 6.45) is 0. The van der Waals surface area contributed by atoms with Crippen LogP contribution in [-0.2, 0) is 5.41 Å². The molecule has 0 aliphatic rings. The van der Waals surface area contributed by atoms with Gasteiger partial charge >= 0.3 is 0 Å². The van der Waals surface area contributed by atoms with Crippen molar-refractivity contribution in [1.29, 1.82) is 0 Å². The number of hydrogen-bond donors (Lipinski definition) is 2. The summed E-state index contributed by atoms with van der Waals surface area (Å²) in [6.45, 7) is 10.3. The van der Waals surface area contributed by atoms with E-state index in [0.717, 1.165) is 50.3 Å². The van der Waals surface area contributed by atoms with Crippen LogP contribution >= 0.6 is 0 Å². The molecule has 3 aromatic carbocycles. The van der Waals surface area contributed by atoms with Gasteiger partial charge in [-0.25, -0.2) is 4.39 Å². The van der Waals surface area contributed by atoms with Gasteiger partial charge in [-0.1, -0.05) is 36.4 Å². The monoisotopic (exact) mass is 362 g/mol. The van der Waals surface area contributed by atoms with Gasteiger partial charge in [0.05, 0.1) is 0 Å². The van der Waals surface area contributed by atoms with Crippen LogP contribution in [0.4, 0.5) is 15.8 Å². The predicted octanol–water partition coefficient (Wildman–Crippen LogP) is 5.58. The van der Waals surface area contributed by atoms with Crippen LogP contribution in [0, 0.1) is 33.5 Å². The van der Waals surface area contributed by atoms with Gasteiger partial charge in [-0.3, -0.25) is 0 Å². The highest BCUT2D eigenvalue weighted by atomic mass is 19.1. The van der Waals surface area contributed by atoms with Gasteiger partial charge in [0, 0.05) is 16.8 Å². The van der Waals surface area contributed by atoms with E-state index in [9.17, 15) is 4.39 Å². The Kier molecular flexibility index (Phi) is 4.73. The van der Waals surface area contributed by atoms with Crippen molar-refractivity contribution in [3.63, 3.8) is 0 Å². The molecular weight excluding hydrogens is 335 g/mol. The molecule has 0 unspecified atom stereocenters. The molecule has 0 heterocycles. The van der Waals surface area contributed by atoms with E-state index in [1.54, 1.807) is 0 Å². The smallest absolute Gasteiger partial charge is 0.123 e. The first-order chi connectivity index (χ1) is 12.6. The van der Waals surface area contributed by atoms with Crippen LogP contribution in [0.2, 0.25) is 0 Å². The van der Waals surface area contributed by atoms with E-state index >= 15 is 0 Å². The first-order valence-electron chi connectivity index (χ1n) is 9.15. The molecule has 3 rings (SSSR count). The van der Waals surface area contributed by atoms with Crippen molar-refractivity contribution in [2.45, 2.75) is 40.0 Å². The quantitative estimate of drug-likeness (QED) is 0.472. The van der Waals surface area contributed by atoms with Crippen LogP contribution in [0.15, 0.2) is 48.5 Å². The molecule has 0 aromatic heterocycles. The van der Waals surface area contributed by atoms with Gasteiger partial charge in [0.2, 0.25) is 0 Å². The summed E-state index contributed by atoms with van der Waals surface area (Å²) in [5.74, 6) is -0.240. The summed E-state index contributed by atoms with van der Waals surface area (Å²) in [6, 6.07) is 15.3. The zero-order chi connectivity index (χ0) is 19.9. The summed E-state index contributed by atoms with van der Waals surface area (Å²) < 4.78 is 13.6. The van der Waals surface area contributed by atoms with E-state index in [1.165, 1.54) is 12.1 Å². The molecule has 0 radical (unpaired) electrons. The third-order valence-corrected chi connectivity index (χ3v) is 5.76. The molecule has 0 saturated heterocycles. The van der Waals surface area contributed by atoms with Crippen LogP contribution in [0.1, 0.15) is 45.9 Å². The second-order valence-corrected chi connectivity index (χ2v) is 7.68. The van der Waals surface area contributed by atoms with Crippen molar-refractivity contribution in [3.05, 3.63) is 93.3 Å². The molecule has 0 aliphatic carbocycles. The number of rotatable bonds is 3.